The second-order valence-electron chi connectivity index (χ2n) is 9.02. The van der Waals surface area contributed by atoms with E-state index in [1.807, 2.05) is 18.4 Å². The van der Waals surface area contributed by atoms with Crippen molar-refractivity contribution in [3.63, 3.8) is 0 Å². The molecular weight excluding hydrogens is 384 g/mol. The number of thiophene rings is 1. The summed E-state index contributed by atoms with van der Waals surface area (Å²) in [5, 5.41) is 7.46. The Morgan fingerprint density at radius 3 is 2.79 bits per heavy atom. The fourth-order valence-electron chi connectivity index (χ4n) is 5.92. The van der Waals surface area contributed by atoms with Crippen LogP contribution < -0.4 is 10.6 Å². The number of morpholine rings is 1. The number of nitrogens with one attached hydrogen (secondary N) is 2. The molecule has 2 N–H and O–H groups in total. The molecule has 0 amide bonds. The van der Waals surface area contributed by atoms with Gasteiger partial charge in [-0.2, -0.15) is 0 Å². The summed E-state index contributed by atoms with van der Waals surface area (Å²) in [5.41, 5.74) is 0.368. The molecule has 1 aromatic heterocycles. The third kappa shape index (κ3) is 3.50. The highest BCUT2D eigenvalue weighted by Gasteiger charge is 2.66. The van der Waals surface area contributed by atoms with Crippen LogP contribution in [-0.4, -0.2) is 69.5 Å². The van der Waals surface area contributed by atoms with Crippen molar-refractivity contribution in [2.75, 3.05) is 46.5 Å². The van der Waals surface area contributed by atoms with Gasteiger partial charge in [0.2, 0.25) is 0 Å². The van der Waals surface area contributed by atoms with E-state index in [0.29, 0.717) is 29.5 Å². The van der Waals surface area contributed by atoms with Crippen molar-refractivity contribution in [2.45, 2.75) is 50.8 Å². The minimum absolute atomic E-state index is 0.359. The maximum atomic E-state index is 6.08. The van der Waals surface area contributed by atoms with Crippen molar-refractivity contribution in [1.29, 1.82) is 0 Å². The Morgan fingerprint density at radius 1 is 1.31 bits per heavy atom. The highest BCUT2D eigenvalue weighted by atomic mass is 32.1. The summed E-state index contributed by atoms with van der Waals surface area (Å²) in [6, 6.07) is 5.39. The molecule has 1 spiro atoms. The van der Waals surface area contributed by atoms with Gasteiger partial charge in [-0.3, -0.25) is 9.89 Å². The van der Waals surface area contributed by atoms with Crippen molar-refractivity contribution in [3.8, 4) is 0 Å². The summed E-state index contributed by atoms with van der Waals surface area (Å²) in [5.74, 6) is 1.60. The normalized spacial score (nSPS) is 32.3. The summed E-state index contributed by atoms with van der Waals surface area (Å²) in [4.78, 5) is 9.92. The van der Waals surface area contributed by atoms with Crippen LogP contribution in [0.4, 0.5) is 0 Å². The van der Waals surface area contributed by atoms with Crippen LogP contribution in [0.3, 0.4) is 0 Å². The Kier molecular flexibility index (Phi) is 5.58. The SMILES string of the molecule is CN=C(NCC(c1ccc(C)s1)N1CCOCC1)NC1C2CCOC2C12CCC2. The molecule has 0 radical (unpaired) electrons. The van der Waals surface area contributed by atoms with Crippen molar-refractivity contribution >= 4 is 17.3 Å². The average Bonchev–Trinajstić information content (AvgIpc) is 3.31. The lowest BCUT2D eigenvalue weighted by Gasteiger charge is -2.63. The van der Waals surface area contributed by atoms with Gasteiger partial charge in [0, 0.05) is 60.4 Å². The first-order valence-electron chi connectivity index (χ1n) is 11.2. The fourth-order valence-corrected chi connectivity index (χ4v) is 6.93. The van der Waals surface area contributed by atoms with E-state index < -0.39 is 0 Å². The molecule has 4 fully saturated rings. The van der Waals surface area contributed by atoms with Gasteiger partial charge in [0.15, 0.2) is 5.96 Å². The minimum atomic E-state index is 0.359. The van der Waals surface area contributed by atoms with E-state index in [2.05, 4.69) is 39.6 Å². The Balaban J connectivity index is 1.25. The van der Waals surface area contributed by atoms with Crippen LogP contribution in [-0.2, 0) is 9.47 Å². The summed E-state index contributed by atoms with van der Waals surface area (Å²) < 4.78 is 11.7. The Labute approximate surface area is 178 Å². The minimum Gasteiger partial charge on any atom is -0.379 e. The summed E-state index contributed by atoms with van der Waals surface area (Å²) in [7, 11) is 1.89. The molecule has 4 atom stereocenters. The number of nitrogens with zero attached hydrogens (tertiary/aromatic N) is 2. The average molecular weight is 419 g/mol. The highest BCUT2D eigenvalue weighted by molar-refractivity contribution is 7.12. The largest absolute Gasteiger partial charge is 0.379 e. The molecule has 2 saturated heterocycles. The molecule has 5 rings (SSSR count). The fraction of sp³-hybridized carbons (Fsp3) is 0.773. The lowest BCUT2D eigenvalue weighted by Crippen LogP contribution is -2.72. The Hall–Kier alpha value is -1.15. The van der Waals surface area contributed by atoms with Gasteiger partial charge >= 0.3 is 0 Å². The van der Waals surface area contributed by atoms with Crippen molar-refractivity contribution in [2.24, 2.45) is 16.3 Å². The second kappa shape index (κ2) is 8.17. The van der Waals surface area contributed by atoms with Crippen LogP contribution in [0.25, 0.3) is 0 Å². The Bertz CT molecular complexity index is 741. The molecule has 0 bridgehead atoms. The summed E-state index contributed by atoms with van der Waals surface area (Å²) in [6.07, 6.45) is 5.61. The van der Waals surface area contributed by atoms with E-state index >= 15 is 0 Å². The predicted octanol–water partition coefficient (Wildman–Crippen LogP) is 2.55. The van der Waals surface area contributed by atoms with Gasteiger partial charge in [-0.05, 0) is 38.3 Å². The first kappa shape index (κ1) is 19.8. The maximum Gasteiger partial charge on any atom is 0.191 e. The standard InChI is InChI=1S/C22H34N4O2S/c1-15-4-5-18(29-15)17(26-9-12-27-13-10-26)14-24-21(23-2)25-19-16-6-11-28-20(16)22(19)7-3-8-22/h4-5,16-17,19-20H,3,6-14H2,1-2H3,(H2,23,24,25). The molecule has 2 aliphatic carbocycles. The number of aliphatic imine (C=N–C) groups is 1. The van der Waals surface area contributed by atoms with E-state index in [4.69, 9.17) is 9.47 Å². The van der Waals surface area contributed by atoms with Gasteiger partial charge in [-0.25, -0.2) is 0 Å². The zero-order valence-electron chi connectivity index (χ0n) is 17.7. The van der Waals surface area contributed by atoms with Gasteiger partial charge in [-0.1, -0.05) is 6.42 Å². The zero-order chi connectivity index (χ0) is 19.8. The van der Waals surface area contributed by atoms with Crippen LogP contribution in [0.1, 0.15) is 41.5 Å². The number of hydrogen-bond donors (Lipinski definition) is 2. The lowest BCUT2D eigenvalue weighted by molar-refractivity contribution is -0.171. The van der Waals surface area contributed by atoms with Crippen LogP contribution >= 0.6 is 11.3 Å². The van der Waals surface area contributed by atoms with E-state index in [-0.39, 0.29) is 0 Å². The quantitative estimate of drug-likeness (QED) is 0.569. The molecule has 2 aliphatic heterocycles. The molecule has 4 aliphatic rings. The molecule has 29 heavy (non-hydrogen) atoms. The third-order valence-corrected chi connectivity index (χ3v) is 8.69. The number of ether oxygens (including phenoxy) is 2. The first-order valence-corrected chi connectivity index (χ1v) is 12.0. The highest BCUT2D eigenvalue weighted by Crippen LogP contribution is 2.62. The van der Waals surface area contributed by atoms with Crippen LogP contribution in [0, 0.1) is 18.3 Å². The van der Waals surface area contributed by atoms with Gasteiger partial charge in [-0.15, -0.1) is 11.3 Å². The van der Waals surface area contributed by atoms with Crippen LogP contribution in [0.2, 0.25) is 0 Å². The zero-order valence-corrected chi connectivity index (χ0v) is 18.5. The molecular formula is C22H34N4O2S. The monoisotopic (exact) mass is 418 g/mol. The number of fused-ring (bicyclic) bond motifs is 2. The third-order valence-electron chi connectivity index (χ3n) is 7.59. The molecule has 3 heterocycles. The summed E-state index contributed by atoms with van der Waals surface area (Å²) >= 11 is 1.90. The molecule has 6 nitrogen and oxygen atoms in total. The molecule has 7 heteroatoms. The van der Waals surface area contributed by atoms with E-state index in [1.165, 1.54) is 35.4 Å². The van der Waals surface area contributed by atoms with E-state index in [1.54, 1.807) is 0 Å². The Morgan fingerprint density at radius 2 is 2.14 bits per heavy atom. The molecule has 160 valence electrons. The van der Waals surface area contributed by atoms with E-state index in [9.17, 15) is 0 Å². The van der Waals surface area contributed by atoms with Crippen LogP contribution in [0.15, 0.2) is 17.1 Å². The lowest BCUT2D eigenvalue weighted by atomic mass is 9.46. The molecule has 0 aromatic carbocycles. The predicted molar refractivity (Wildman–Crippen MR) is 117 cm³/mol. The number of aryl methyl sites for hydroxylation is 1. The number of hydrogen-bond acceptors (Lipinski definition) is 5. The van der Waals surface area contributed by atoms with Crippen LogP contribution in [0.5, 0.6) is 0 Å². The summed E-state index contributed by atoms with van der Waals surface area (Å²) in [6.45, 7) is 7.60. The van der Waals surface area contributed by atoms with E-state index in [0.717, 1.165) is 45.4 Å². The first-order chi connectivity index (χ1) is 14.2. The van der Waals surface area contributed by atoms with Crippen molar-refractivity contribution < 1.29 is 9.47 Å². The van der Waals surface area contributed by atoms with Gasteiger partial charge < -0.3 is 20.1 Å². The number of rotatable bonds is 5. The van der Waals surface area contributed by atoms with Crippen molar-refractivity contribution in [3.05, 3.63) is 21.9 Å². The second-order valence-corrected chi connectivity index (χ2v) is 10.3. The smallest absolute Gasteiger partial charge is 0.191 e. The maximum absolute atomic E-state index is 6.08. The topological polar surface area (TPSA) is 58.1 Å². The van der Waals surface area contributed by atoms with Gasteiger partial charge in [0.25, 0.3) is 0 Å². The van der Waals surface area contributed by atoms with Gasteiger partial charge in [0.1, 0.15) is 0 Å². The van der Waals surface area contributed by atoms with Gasteiger partial charge in [0.05, 0.1) is 25.4 Å². The molecule has 2 saturated carbocycles. The van der Waals surface area contributed by atoms with Crippen molar-refractivity contribution in [1.82, 2.24) is 15.5 Å². The number of guanidine groups is 1. The molecule has 4 unspecified atom stereocenters. The molecule has 1 aromatic rings.